The van der Waals surface area contributed by atoms with Crippen LogP contribution in [0.2, 0.25) is 0 Å². The maximum absolute atomic E-state index is 12.4. The highest BCUT2D eigenvalue weighted by atomic mass is 32.1. The number of benzene rings is 1. The minimum absolute atomic E-state index is 0.0326. The van der Waals surface area contributed by atoms with Gasteiger partial charge in [-0.1, -0.05) is 23.5 Å². The summed E-state index contributed by atoms with van der Waals surface area (Å²) in [5.41, 5.74) is 2.01. The van der Waals surface area contributed by atoms with Crippen LogP contribution in [-0.4, -0.2) is 28.6 Å². The predicted octanol–water partition coefficient (Wildman–Crippen LogP) is 3.21. The molecule has 0 bridgehead atoms. The van der Waals surface area contributed by atoms with E-state index in [-0.39, 0.29) is 23.5 Å². The van der Waals surface area contributed by atoms with E-state index in [0.717, 1.165) is 16.3 Å². The zero-order valence-corrected chi connectivity index (χ0v) is 14.8. The number of rotatable bonds is 4. The smallest absolute Gasteiger partial charge is 0.293 e. The summed E-state index contributed by atoms with van der Waals surface area (Å²) in [5, 5.41) is 12.0. The van der Waals surface area contributed by atoms with Gasteiger partial charge >= 0.3 is 0 Å². The van der Waals surface area contributed by atoms with Crippen LogP contribution in [-0.2, 0) is 4.79 Å². The third-order valence-corrected chi connectivity index (χ3v) is 5.19. The third-order valence-electron chi connectivity index (χ3n) is 4.19. The second-order valence-corrected chi connectivity index (χ2v) is 7.13. The molecule has 132 valence electrons. The second-order valence-electron chi connectivity index (χ2n) is 6.12. The van der Waals surface area contributed by atoms with Crippen molar-refractivity contribution >= 4 is 34.0 Å². The zero-order chi connectivity index (χ0) is 18.1. The standard InChI is InChI=1S/C18H16N4O3S/c1-11-4-2-5-13(8-11)22-10-12(9-15(22)23)17-20-21-18(26-17)19-16(24)14-6-3-7-25-14/h2-8,12H,9-10H2,1H3,(H,19,21,24)/t12-/m0/s1. The summed E-state index contributed by atoms with van der Waals surface area (Å²) in [6.45, 7) is 2.56. The van der Waals surface area contributed by atoms with E-state index in [4.69, 9.17) is 4.42 Å². The molecule has 1 aliphatic heterocycles. The lowest BCUT2D eigenvalue weighted by Crippen LogP contribution is -2.24. The van der Waals surface area contributed by atoms with Crippen molar-refractivity contribution < 1.29 is 14.0 Å². The van der Waals surface area contributed by atoms with E-state index >= 15 is 0 Å². The van der Waals surface area contributed by atoms with Gasteiger partial charge in [0.05, 0.1) is 6.26 Å². The summed E-state index contributed by atoms with van der Waals surface area (Å²) in [6.07, 6.45) is 1.82. The number of anilines is 2. The van der Waals surface area contributed by atoms with Crippen molar-refractivity contribution in [3.05, 3.63) is 59.0 Å². The van der Waals surface area contributed by atoms with Gasteiger partial charge < -0.3 is 9.32 Å². The average molecular weight is 368 g/mol. The first-order valence-corrected chi connectivity index (χ1v) is 8.97. The van der Waals surface area contributed by atoms with E-state index in [2.05, 4.69) is 15.5 Å². The molecule has 1 fully saturated rings. The monoisotopic (exact) mass is 368 g/mol. The molecule has 0 saturated carbocycles. The van der Waals surface area contributed by atoms with Crippen LogP contribution in [0.4, 0.5) is 10.8 Å². The maximum Gasteiger partial charge on any atom is 0.293 e. The van der Waals surface area contributed by atoms with Gasteiger partial charge in [-0.15, -0.1) is 10.2 Å². The Kier molecular flexibility index (Phi) is 4.26. The van der Waals surface area contributed by atoms with E-state index in [9.17, 15) is 9.59 Å². The quantitative estimate of drug-likeness (QED) is 0.764. The molecule has 0 unspecified atom stereocenters. The van der Waals surface area contributed by atoms with Gasteiger partial charge in [-0.25, -0.2) is 0 Å². The van der Waals surface area contributed by atoms with E-state index in [1.807, 2.05) is 31.2 Å². The highest BCUT2D eigenvalue weighted by molar-refractivity contribution is 7.15. The first-order chi connectivity index (χ1) is 12.6. The number of nitrogens with one attached hydrogen (secondary N) is 1. The summed E-state index contributed by atoms with van der Waals surface area (Å²) in [6, 6.07) is 11.1. The molecule has 7 nitrogen and oxygen atoms in total. The fourth-order valence-corrected chi connectivity index (χ4v) is 3.76. The Labute approximate surface area is 153 Å². The minimum Gasteiger partial charge on any atom is -0.459 e. The Hall–Kier alpha value is -3.00. The van der Waals surface area contributed by atoms with E-state index < -0.39 is 0 Å². The normalized spacial score (nSPS) is 16.9. The molecule has 3 aromatic rings. The summed E-state index contributed by atoms with van der Waals surface area (Å²) >= 11 is 1.28. The highest BCUT2D eigenvalue weighted by Crippen LogP contribution is 2.34. The van der Waals surface area contributed by atoms with Gasteiger partial charge in [0.2, 0.25) is 11.0 Å². The molecule has 1 atom stereocenters. The topological polar surface area (TPSA) is 88.3 Å². The summed E-state index contributed by atoms with van der Waals surface area (Å²) in [7, 11) is 0. The van der Waals surface area contributed by atoms with Gasteiger partial charge in [0, 0.05) is 24.6 Å². The van der Waals surface area contributed by atoms with Crippen molar-refractivity contribution in [2.75, 3.05) is 16.8 Å². The number of aryl methyl sites for hydroxylation is 1. The largest absolute Gasteiger partial charge is 0.459 e. The van der Waals surface area contributed by atoms with Gasteiger partial charge in [0.25, 0.3) is 5.91 Å². The van der Waals surface area contributed by atoms with Crippen molar-refractivity contribution in [1.82, 2.24) is 10.2 Å². The number of carbonyl (C=O) groups is 2. The molecule has 1 aromatic carbocycles. The van der Waals surface area contributed by atoms with Crippen molar-refractivity contribution in [2.45, 2.75) is 19.3 Å². The number of furan rings is 1. The molecule has 0 aliphatic carbocycles. The number of carbonyl (C=O) groups excluding carboxylic acids is 2. The molecule has 2 aromatic heterocycles. The predicted molar refractivity (Wildman–Crippen MR) is 97.5 cm³/mol. The third kappa shape index (κ3) is 3.23. The average Bonchev–Trinajstić information content (AvgIpc) is 3.35. The second kappa shape index (κ2) is 6.72. The van der Waals surface area contributed by atoms with Gasteiger partial charge in [-0.2, -0.15) is 0 Å². The molecule has 1 N–H and O–H groups in total. The Morgan fingerprint density at radius 1 is 1.31 bits per heavy atom. The summed E-state index contributed by atoms with van der Waals surface area (Å²) in [5.74, 6) is -0.128. The van der Waals surface area contributed by atoms with Crippen LogP contribution in [0.1, 0.15) is 33.5 Å². The first-order valence-electron chi connectivity index (χ1n) is 8.15. The number of hydrogen-bond acceptors (Lipinski definition) is 6. The number of amides is 2. The van der Waals surface area contributed by atoms with Gasteiger partial charge in [0.1, 0.15) is 5.01 Å². The van der Waals surface area contributed by atoms with E-state index in [1.165, 1.54) is 17.6 Å². The lowest BCUT2D eigenvalue weighted by molar-refractivity contribution is -0.117. The molecule has 0 radical (unpaired) electrons. The molecule has 3 heterocycles. The molecule has 0 spiro atoms. The molecule has 1 saturated heterocycles. The summed E-state index contributed by atoms with van der Waals surface area (Å²) < 4.78 is 5.05. The number of aromatic nitrogens is 2. The zero-order valence-electron chi connectivity index (χ0n) is 14.0. The minimum atomic E-state index is -0.374. The summed E-state index contributed by atoms with van der Waals surface area (Å²) in [4.78, 5) is 26.2. The maximum atomic E-state index is 12.4. The Balaban J connectivity index is 1.46. The molecule has 26 heavy (non-hydrogen) atoms. The van der Waals surface area contributed by atoms with Crippen molar-refractivity contribution in [3.8, 4) is 0 Å². The highest BCUT2D eigenvalue weighted by Gasteiger charge is 2.34. The van der Waals surface area contributed by atoms with Crippen molar-refractivity contribution in [2.24, 2.45) is 0 Å². The van der Waals surface area contributed by atoms with Crippen LogP contribution in [0.25, 0.3) is 0 Å². The van der Waals surface area contributed by atoms with Crippen molar-refractivity contribution in [1.29, 1.82) is 0 Å². The lowest BCUT2D eigenvalue weighted by Gasteiger charge is -2.16. The molecular formula is C18H16N4O3S. The molecular weight excluding hydrogens is 352 g/mol. The number of hydrogen-bond donors (Lipinski definition) is 1. The van der Waals surface area contributed by atoms with Crippen LogP contribution >= 0.6 is 11.3 Å². The Bertz CT molecular complexity index is 951. The van der Waals surface area contributed by atoms with Crippen LogP contribution in [0, 0.1) is 6.92 Å². The number of nitrogens with zero attached hydrogens (tertiary/aromatic N) is 3. The van der Waals surface area contributed by atoms with Crippen LogP contribution in [0.3, 0.4) is 0 Å². The van der Waals surface area contributed by atoms with Crippen LogP contribution in [0.15, 0.2) is 47.1 Å². The fourth-order valence-electron chi connectivity index (χ4n) is 2.93. The molecule has 8 heteroatoms. The SMILES string of the molecule is Cc1cccc(N2C[C@@H](c3nnc(NC(=O)c4ccco4)s3)CC2=O)c1. The molecule has 1 aliphatic rings. The van der Waals surface area contributed by atoms with E-state index in [1.54, 1.807) is 17.0 Å². The van der Waals surface area contributed by atoms with Gasteiger partial charge in [0.15, 0.2) is 5.76 Å². The van der Waals surface area contributed by atoms with Crippen molar-refractivity contribution in [3.63, 3.8) is 0 Å². The fraction of sp³-hybridized carbons (Fsp3) is 0.222. The van der Waals surface area contributed by atoms with Crippen LogP contribution < -0.4 is 10.2 Å². The molecule has 4 rings (SSSR count). The van der Waals surface area contributed by atoms with Crippen LogP contribution in [0.5, 0.6) is 0 Å². The molecule has 2 amide bonds. The van der Waals surface area contributed by atoms with Gasteiger partial charge in [-0.3, -0.25) is 14.9 Å². The lowest BCUT2D eigenvalue weighted by atomic mass is 10.1. The Morgan fingerprint density at radius 3 is 2.96 bits per heavy atom. The van der Waals surface area contributed by atoms with Gasteiger partial charge in [-0.05, 0) is 36.8 Å². The van der Waals surface area contributed by atoms with E-state index in [0.29, 0.717) is 18.1 Å². The first kappa shape index (κ1) is 16.5. The Morgan fingerprint density at radius 2 is 2.19 bits per heavy atom.